The van der Waals surface area contributed by atoms with Crippen LogP contribution in [0.5, 0.6) is 0 Å². The quantitative estimate of drug-likeness (QED) is 0.571. The minimum absolute atomic E-state index is 0.343. The van der Waals surface area contributed by atoms with Crippen molar-refractivity contribution in [2.75, 3.05) is 6.54 Å². The highest BCUT2D eigenvalue weighted by molar-refractivity contribution is 7.90. The van der Waals surface area contributed by atoms with Crippen LogP contribution < -0.4 is 4.83 Å². The molecule has 1 saturated heterocycles. The first-order valence-electron chi connectivity index (χ1n) is 6.32. The maximum atomic E-state index is 11.9. The Balaban J connectivity index is 2.28. The zero-order chi connectivity index (χ0) is 13.8. The number of nitrogens with zero attached hydrogens (tertiary/aromatic N) is 1. The van der Waals surface area contributed by atoms with Crippen molar-refractivity contribution >= 4 is 10.0 Å². The molecule has 0 radical (unpaired) electrons. The number of allylic oxidation sites excluding steroid dienone is 3. The number of hydrogen-bond donors (Lipinski definition) is 1. The van der Waals surface area contributed by atoms with Crippen LogP contribution in [0.25, 0.3) is 0 Å². The summed E-state index contributed by atoms with van der Waals surface area (Å²) in [5, 5.41) is 1.79. The highest BCUT2D eigenvalue weighted by Gasteiger charge is 2.40. The molecule has 0 aromatic rings. The molecule has 0 spiro atoms. The lowest BCUT2D eigenvalue weighted by Crippen LogP contribution is -2.42. The third-order valence-corrected chi connectivity index (χ3v) is 4.98. The van der Waals surface area contributed by atoms with Gasteiger partial charge in [0.15, 0.2) is 0 Å². The normalized spacial score (nSPS) is 24.4. The number of nitrogens with one attached hydrogen (secondary N) is 1. The third kappa shape index (κ3) is 4.55. The van der Waals surface area contributed by atoms with Gasteiger partial charge < -0.3 is 0 Å². The fourth-order valence-electron chi connectivity index (χ4n) is 1.43. The Morgan fingerprint density at radius 1 is 1.39 bits per heavy atom. The second-order valence-corrected chi connectivity index (χ2v) is 8.00. The van der Waals surface area contributed by atoms with Gasteiger partial charge in [-0.15, -0.1) is 11.4 Å². The Morgan fingerprint density at radius 2 is 2.06 bits per heavy atom. The molecular formula is C13H24N2O2S. The largest absolute Gasteiger partial charge is 0.229 e. The first-order chi connectivity index (χ1) is 8.28. The Kier molecular flexibility index (Phi) is 5.13. The number of hydrazine groups is 1. The molecule has 1 aliphatic heterocycles. The zero-order valence-electron chi connectivity index (χ0n) is 11.5. The summed E-state index contributed by atoms with van der Waals surface area (Å²) in [6, 6.07) is 0.343. The molecule has 1 rings (SSSR count). The standard InChI is InChI=1S/C13H24N2O2S/c1-5-6-7-8-9-10-12-11-15(12)14-18(16,17)13(2,3)4/h5,7-8,12,14H,1,6,9-11H2,2-4H3/b8-7+. The molecule has 0 amide bonds. The van der Waals surface area contributed by atoms with Gasteiger partial charge in [0.25, 0.3) is 0 Å². The summed E-state index contributed by atoms with van der Waals surface area (Å²) in [7, 11) is -3.26. The van der Waals surface area contributed by atoms with Crippen LogP contribution in [0.3, 0.4) is 0 Å². The van der Waals surface area contributed by atoms with Gasteiger partial charge >= 0.3 is 0 Å². The summed E-state index contributed by atoms with van der Waals surface area (Å²) in [6.45, 7) is 9.56. The van der Waals surface area contributed by atoms with Crippen LogP contribution in [0.2, 0.25) is 0 Å². The molecule has 0 aliphatic carbocycles. The third-order valence-electron chi connectivity index (χ3n) is 2.89. The molecule has 0 saturated carbocycles. The highest BCUT2D eigenvalue weighted by Crippen LogP contribution is 2.23. The van der Waals surface area contributed by atoms with E-state index in [9.17, 15) is 8.42 Å². The van der Waals surface area contributed by atoms with Crippen molar-refractivity contribution in [2.45, 2.75) is 50.8 Å². The van der Waals surface area contributed by atoms with E-state index in [0.717, 1.165) is 25.8 Å². The van der Waals surface area contributed by atoms with Gasteiger partial charge in [0.1, 0.15) is 0 Å². The van der Waals surface area contributed by atoms with Crippen LogP contribution >= 0.6 is 0 Å². The van der Waals surface area contributed by atoms with E-state index in [2.05, 4.69) is 23.6 Å². The monoisotopic (exact) mass is 272 g/mol. The molecular weight excluding hydrogens is 248 g/mol. The van der Waals surface area contributed by atoms with Gasteiger partial charge in [-0.2, -0.15) is 0 Å². The Bertz CT molecular complexity index is 407. The fourth-order valence-corrected chi connectivity index (χ4v) is 2.24. The van der Waals surface area contributed by atoms with E-state index >= 15 is 0 Å². The summed E-state index contributed by atoms with van der Waals surface area (Å²) >= 11 is 0. The summed E-state index contributed by atoms with van der Waals surface area (Å²) in [6.07, 6.45) is 8.92. The lowest BCUT2D eigenvalue weighted by Gasteiger charge is -2.20. The van der Waals surface area contributed by atoms with Gasteiger partial charge in [0.2, 0.25) is 10.0 Å². The summed E-state index contributed by atoms with van der Waals surface area (Å²) < 4.78 is 23.0. The first kappa shape index (κ1) is 15.4. The number of sulfonamides is 1. The van der Waals surface area contributed by atoms with E-state index in [4.69, 9.17) is 0 Å². The second-order valence-electron chi connectivity index (χ2n) is 5.59. The number of hydrogen-bond acceptors (Lipinski definition) is 3. The molecule has 1 heterocycles. The van der Waals surface area contributed by atoms with Crippen LogP contribution in [0.1, 0.15) is 40.0 Å². The molecule has 0 aromatic carbocycles. The van der Waals surface area contributed by atoms with E-state index in [0.29, 0.717) is 6.04 Å². The van der Waals surface area contributed by atoms with Crippen LogP contribution in [0, 0.1) is 0 Å². The van der Waals surface area contributed by atoms with E-state index < -0.39 is 14.8 Å². The smallest absolute Gasteiger partial charge is 0.225 e. The lowest BCUT2D eigenvalue weighted by atomic mass is 10.2. The number of rotatable bonds is 7. The molecule has 0 bridgehead atoms. The van der Waals surface area contributed by atoms with Crippen LogP contribution in [-0.4, -0.2) is 30.8 Å². The Hall–Kier alpha value is -0.650. The van der Waals surface area contributed by atoms with E-state index in [1.807, 2.05) is 6.08 Å². The van der Waals surface area contributed by atoms with Gasteiger partial charge in [-0.25, -0.2) is 13.4 Å². The maximum absolute atomic E-state index is 11.9. The SMILES string of the molecule is C=CC/C=C/CCC1CN1NS(=O)(=O)C(C)(C)C. The van der Waals surface area contributed by atoms with Crippen LogP contribution in [-0.2, 0) is 10.0 Å². The van der Waals surface area contributed by atoms with Crippen molar-refractivity contribution in [2.24, 2.45) is 0 Å². The highest BCUT2D eigenvalue weighted by atomic mass is 32.2. The molecule has 2 atom stereocenters. The fraction of sp³-hybridized carbons (Fsp3) is 0.692. The molecule has 2 unspecified atom stereocenters. The average Bonchev–Trinajstić information content (AvgIpc) is 2.94. The molecule has 0 aromatic heterocycles. The van der Waals surface area contributed by atoms with Crippen LogP contribution in [0.15, 0.2) is 24.8 Å². The van der Waals surface area contributed by atoms with Crippen molar-refractivity contribution < 1.29 is 8.42 Å². The molecule has 1 aliphatic rings. The lowest BCUT2D eigenvalue weighted by molar-refractivity contribution is 0.428. The van der Waals surface area contributed by atoms with Gasteiger partial charge in [-0.05, 0) is 40.0 Å². The minimum atomic E-state index is -3.26. The van der Waals surface area contributed by atoms with Crippen molar-refractivity contribution in [1.82, 2.24) is 9.84 Å². The van der Waals surface area contributed by atoms with Crippen molar-refractivity contribution in [3.05, 3.63) is 24.8 Å². The van der Waals surface area contributed by atoms with Gasteiger partial charge in [0.05, 0.1) is 4.75 Å². The Morgan fingerprint density at radius 3 is 2.61 bits per heavy atom. The predicted octanol–water partition coefficient (Wildman–Crippen LogP) is 2.22. The van der Waals surface area contributed by atoms with Gasteiger partial charge in [-0.1, -0.05) is 18.2 Å². The van der Waals surface area contributed by atoms with E-state index in [1.54, 1.807) is 25.8 Å². The van der Waals surface area contributed by atoms with Crippen molar-refractivity contribution in [1.29, 1.82) is 0 Å². The summed E-state index contributed by atoms with van der Waals surface area (Å²) in [4.78, 5) is 2.64. The molecule has 104 valence electrons. The topological polar surface area (TPSA) is 49.2 Å². The summed E-state index contributed by atoms with van der Waals surface area (Å²) in [5.41, 5.74) is 0. The molecule has 1 fully saturated rings. The minimum Gasteiger partial charge on any atom is -0.225 e. The maximum Gasteiger partial charge on any atom is 0.229 e. The molecule has 4 nitrogen and oxygen atoms in total. The van der Waals surface area contributed by atoms with E-state index in [-0.39, 0.29) is 0 Å². The molecule has 18 heavy (non-hydrogen) atoms. The first-order valence-corrected chi connectivity index (χ1v) is 7.81. The van der Waals surface area contributed by atoms with E-state index in [1.165, 1.54) is 0 Å². The van der Waals surface area contributed by atoms with Crippen molar-refractivity contribution in [3.63, 3.8) is 0 Å². The second kappa shape index (κ2) is 5.99. The van der Waals surface area contributed by atoms with Gasteiger partial charge in [0, 0.05) is 12.6 Å². The molecule has 5 heteroatoms. The zero-order valence-corrected chi connectivity index (χ0v) is 12.3. The predicted molar refractivity (Wildman–Crippen MR) is 75.5 cm³/mol. The van der Waals surface area contributed by atoms with Crippen LogP contribution in [0.4, 0.5) is 0 Å². The Labute approximate surface area is 111 Å². The van der Waals surface area contributed by atoms with Gasteiger partial charge in [-0.3, -0.25) is 0 Å². The van der Waals surface area contributed by atoms with Crippen molar-refractivity contribution in [3.8, 4) is 0 Å². The molecule has 1 N–H and O–H groups in total. The average molecular weight is 272 g/mol. The summed E-state index contributed by atoms with van der Waals surface area (Å²) in [5.74, 6) is 0.